The summed E-state index contributed by atoms with van der Waals surface area (Å²) in [6, 6.07) is -7.98. The van der Waals surface area contributed by atoms with Crippen LogP contribution in [0.5, 0.6) is 0 Å². The van der Waals surface area contributed by atoms with Crippen LogP contribution in [-0.4, -0.2) is 580 Å². The summed E-state index contributed by atoms with van der Waals surface area (Å²) < 4.78 is 125. The second kappa shape index (κ2) is 47.6. The van der Waals surface area contributed by atoms with E-state index in [2.05, 4.69) is 21.3 Å². The third-order valence-electron chi connectivity index (χ3n) is 24.5. The van der Waals surface area contributed by atoms with Gasteiger partial charge in [-0.05, 0) is 6.92 Å². The SMILES string of the molecule is CC(=O)N[C@H]1[C@H](O[C@H]2[C@@H](O)[C@@H](CO[C@@H]3O[C@H](CO)[C@@H](O[C@@H]4O[C@H](CO)[C@H](O)[C@H](O)[C@H]4O)[C@H](O[C@@H]4O[C@@H](C)[C@@H](O)[C@@H](O)[C@@H]4O)[C@H]3NC(C)=O)O[C@@H](O[C@H]3[C@H](O)[C@@H](NC(C)=O)[C@H](OC[C@H]4O[C@@H](O[C@H]5[C@H](O)[C@@H](O)C(O)O[C@@H]5CO)[C@H](O)[C@@H](O[C@@H]5O[C@H](CO)[C@@H](O)[C@H](O[C@@H]6O[C@H](CO)[C@H](O)[C@H](O)[C@H]6O)[C@H]5NC(C)=O)[C@H]4O)O[C@@H]3CO)[C@@H]2O)O[C@H](CO)[C@@H](OC2O[C@H](CO)[C@H](O)[C@H](O)[C@H]2O)[C@@H]1O. The molecular formula is C74H124N4O55. The second-order valence-electron chi connectivity index (χ2n) is 33.8. The van der Waals surface area contributed by atoms with E-state index in [1.54, 1.807) is 0 Å². The lowest BCUT2D eigenvalue weighted by molar-refractivity contribution is -0.388. The minimum absolute atomic E-state index is 0.892. The van der Waals surface area contributed by atoms with E-state index in [-0.39, 0.29) is 0 Å². The molecule has 0 saturated carbocycles. The van der Waals surface area contributed by atoms with E-state index in [4.69, 9.17) is 99.5 Å². The highest BCUT2D eigenvalue weighted by molar-refractivity contribution is 5.74. The van der Waals surface area contributed by atoms with Crippen LogP contribution in [0.4, 0.5) is 0 Å². The maximum Gasteiger partial charge on any atom is 0.217 e. The molecule has 55 atom stereocenters. The molecule has 2 unspecified atom stereocenters. The molecule has 0 aromatic heterocycles. The van der Waals surface area contributed by atoms with Crippen molar-refractivity contribution in [1.82, 2.24) is 21.3 Å². The Kier molecular flexibility index (Phi) is 39.1. The number of rotatable bonds is 34. The number of carbonyl (C=O) groups excluding carboxylic acids is 4. The van der Waals surface area contributed by atoms with Gasteiger partial charge in [0.1, 0.15) is 262 Å². The van der Waals surface area contributed by atoms with E-state index >= 15 is 0 Å². The van der Waals surface area contributed by atoms with Crippen molar-refractivity contribution in [1.29, 1.82) is 0 Å². The molecule has 0 radical (unpaired) electrons. The monoisotopic (exact) mass is 1950 g/mol. The lowest BCUT2D eigenvalue weighted by Crippen LogP contribution is -2.71. The first kappa shape index (κ1) is 109. The Morgan fingerprint density at radius 1 is 0.211 bits per heavy atom. The average Bonchev–Trinajstić information content (AvgIpc) is 0.770. The zero-order valence-corrected chi connectivity index (χ0v) is 71.4. The highest BCUT2D eigenvalue weighted by Crippen LogP contribution is 2.42. The van der Waals surface area contributed by atoms with Crippen molar-refractivity contribution >= 4 is 23.6 Å². The van der Waals surface area contributed by atoms with Crippen LogP contribution in [0.1, 0.15) is 34.6 Å². The molecule has 11 rings (SSSR count). The molecule has 4 amide bonds. The van der Waals surface area contributed by atoms with Crippen molar-refractivity contribution in [2.45, 2.75) is 372 Å². The third kappa shape index (κ3) is 24.1. The number of aliphatic hydroxyl groups is 30. The topological polar surface area (TPSA) is 917 Å². The van der Waals surface area contributed by atoms with E-state index in [9.17, 15) is 172 Å². The predicted octanol–water partition coefficient (Wildman–Crippen LogP) is -23.4. The number of carbonyl (C=O) groups is 4. The van der Waals surface area contributed by atoms with Gasteiger partial charge in [-0.2, -0.15) is 0 Å². The molecule has 59 heteroatoms. The van der Waals surface area contributed by atoms with Crippen molar-refractivity contribution < 1.29 is 272 Å². The maximum atomic E-state index is 13.5. The quantitative estimate of drug-likeness (QED) is 0.0284. The lowest BCUT2D eigenvalue weighted by Gasteiger charge is -2.51. The molecule has 59 nitrogen and oxygen atoms in total. The molecule has 11 aliphatic heterocycles. The Labute approximate surface area is 752 Å². The molecule has 133 heavy (non-hydrogen) atoms. The van der Waals surface area contributed by atoms with Crippen LogP contribution in [0.3, 0.4) is 0 Å². The molecule has 770 valence electrons. The summed E-state index contributed by atoms with van der Waals surface area (Å²) in [7, 11) is 0. The standard InChI is InChI=1S/C74H124N4O55/c1-16-35(91)44(100)50(106)69(115-16)131-61-34(78-20(5)90)66(122-28(13-86)59(61)129-71-52(108)46(102)37(93)22(7-80)119-71)114-15-30-40(96)62(132-67-32(76-18(3)88)43(99)57(27(12-85)123-67)126-70-51(107)45(101)36(92)21(6-79)118-70)54(110)73(124-30)127-56-26(11-84)121-65(31(42(56)98)75-17(2)87)113-14-29-41(97)63(55(111)74(125-29)128-58-25(10-83)116-64(112)49(105)48(58)104)133-68-33(77-19(4)89)60(39(95)24(9-82)117-68)130-72-53(109)47(103)38(94)23(8-81)120-72/h16,21-74,79-86,91-112H,6-15H2,1-5H3,(H,75,87)(H,76,88)(H,77,89)(H,78,90)/t16-,21+,22+,23+,24+,25+,26+,27+,28+,29+,30+,31+,32+,33+,34+,35+,36-,37-,38-,39+,40-,41-,42+,43+,44+,45-,46-,47-,48+,49+,50-,51+,52+,53+,54+,55+,56+,57+,58+,59+,60+,61+,62-,63-,64?,65+,66+,67-,68-,69-,70?,71-,72-,73-,74-/m0/s1. The van der Waals surface area contributed by atoms with Gasteiger partial charge in [0.2, 0.25) is 23.6 Å². The first-order chi connectivity index (χ1) is 62.9. The smallest absolute Gasteiger partial charge is 0.217 e. The van der Waals surface area contributed by atoms with Gasteiger partial charge in [-0.15, -0.1) is 0 Å². The van der Waals surface area contributed by atoms with Crippen molar-refractivity contribution in [3.05, 3.63) is 0 Å². The molecule has 0 aromatic carbocycles. The zero-order valence-electron chi connectivity index (χ0n) is 71.4. The summed E-state index contributed by atoms with van der Waals surface area (Å²) in [5.74, 6) is -3.99. The van der Waals surface area contributed by atoms with E-state index in [0.717, 1.165) is 27.7 Å². The van der Waals surface area contributed by atoms with Crippen LogP contribution in [0.25, 0.3) is 0 Å². The molecule has 11 aliphatic rings. The van der Waals surface area contributed by atoms with Gasteiger partial charge in [0.15, 0.2) is 69.2 Å². The fraction of sp³-hybridized carbons (Fsp3) is 0.946. The Balaban J connectivity index is 0.918. The Morgan fingerprint density at radius 3 is 0.850 bits per heavy atom. The molecule has 0 spiro atoms. The Hall–Kier alpha value is -4.16. The lowest BCUT2D eigenvalue weighted by atomic mass is 9.93. The van der Waals surface area contributed by atoms with Crippen LogP contribution in [0.15, 0.2) is 0 Å². The number of aliphatic hydroxyl groups excluding tert-OH is 30. The fourth-order valence-corrected chi connectivity index (χ4v) is 17.3. The van der Waals surface area contributed by atoms with Gasteiger partial charge in [-0.3, -0.25) is 19.2 Å². The van der Waals surface area contributed by atoms with Crippen molar-refractivity contribution in [3.63, 3.8) is 0 Å². The summed E-state index contributed by atoms with van der Waals surface area (Å²) in [5.41, 5.74) is 0. The summed E-state index contributed by atoms with van der Waals surface area (Å²) in [6.07, 6.45) is -107. The normalized spacial score (nSPS) is 50.1. The summed E-state index contributed by atoms with van der Waals surface area (Å²) >= 11 is 0. The molecule has 34 N–H and O–H groups in total. The predicted molar refractivity (Wildman–Crippen MR) is 407 cm³/mol. The molecule has 11 heterocycles. The first-order valence-electron chi connectivity index (χ1n) is 42.5. The number of hydrogen-bond acceptors (Lipinski definition) is 55. The van der Waals surface area contributed by atoms with Crippen LogP contribution < -0.4 is 21.3 Å². The van der Waals surface area contributed by atoms with Crippen LogP contribution >= 0.6 is 0 Å². The molecule has 11 fully saturated rings. The van der Waals surface area contributed by atoms with Crippen molar-refractivity contribution in [3.8, 4) is 0 Å². The average molecular weight is 1950 g/mol. The minimum atomic E-state index is -2.59. The molecule has 0 aromatic rings. The van der Waals surface area contributed by atoms with E-state index in [1.807, 2.05) is 0 Å². The first-order valence-corrected chi connectivity index (χ1v) is 42.5. The Morgan fingerprint density at radius 2 is 0.459 bits per heavy atom. The third-order valence-corrected chi connectivity index (χ3v) is 24.5. The zero-order chi connectivity index (χ0) is 97.8. The summed E-state index contributed by atoms with van der Waals surface area (Å²) in [6.45, 7) is -6.42. The van der Waals surface area contributed by atoms with Gasteiger partial charge in [0, 0.05) is 27.7 Å². The number of hydrogen-bond donors (Lipinski definition) is 34. The second-order valence-corrected chi connectivity index (χ2v) is 33.8. The minimum Gasteiger partial charge on any atom is -0.394 e. The molecular weight excluding hydrogens is 1820 g/mol. The molecule has 11 saturated heterocycles. The van der Waals surface area contributed by atoms with E-state index < -0.39 is 427 Å². The number of ether oxygens (including phenoxy) is 21. The van der Waals surface area contributed by atoms with Gasteiger partial charge in [0.25, 0.3) is 0 Å². The maximum absolute atomic E-state index is 13.5. The number of amides is 4. The molecule has 0 bridgehead atoms. The fourth-order valence-electron chi connectivity index (χ4n) is 17.3. The van der Waals surface area contributed by atoms with E-state index in [1.165, 1.54) is 6.92 Å². The molecule has 0 aliphatic carbocycles. The van der Waals surface area contributed by atoms with Gasteiger partial charge in [-0.25, -0.2) is 0 Å². The van der Waals surface area contributed by atoms with Crippen LogP contribution in [0.2, 0.25) is 0 Å². The van der Waals surface area contributed by atoms with Gasteiger partial charge in [-0.1, -0.05) is 0 Å². The van der Waals surface area contributed by atoms with Gasteiger partial charge >= 0.3 is 0 Å². The van der Waals surface area contributed by atoms with Gasteiger partial charge < -0.3 is 274 Å². The largest absolute Gasteiger partial charge is 0.394 e. The van der Waals surface area contributed by atoms with Crippen molar-refractivity contribution in [2.75, 3.05) is 66.1 Å². The Bertz CT molecular complexity index is 3630. The summed E-state index contributed by atoms with van der Waals surface area (Å²) in [5, 5.41) is 343. The van der Waals surface area contributed by atoms with Crippen LogP contribution in [0, 0.1) is 0 Å². The number of nitrogens with one attached hydrogen (secondary N) is 4. The highest BCUT2D eigenvalue weighted by atomic mass is 16.8. The van der Waals surface area contributed by atoms with Crippen molar-refractivity contribution in [2.24, 2.45) is 0 Å². The van der Waals surface area contributed by atoms with E-state index in [0.29, 0.717) is 0 Å². The summed E-state index contributed by atoms with van der Waals surface area (Å²) in [4.78, 5) is 53.2. The highest BCUT2D eigenvalue weighted by Gasteiger charge is 2.63. The van der Waals surface area contributed by atoms with Gasteiger partial charge in [0.05, 0.1) is 72.2 Å². The van der Waals surface area contributed by atoms with Crippen LogP contribution in [-0.2, 0) is 119 Å².